The van der Waals surface area contributed by atoms with Gasteiger partial charge in [-0.1, -0.05) is 12.1 Å². The minimum atomic E-state index is -0.272. The molecule has 0 radical (unpaired) electrons. The SMILES string of the molecule is CC(C)(C#N)CCCOc1ccccc1N. The molecule has 1 aromatic carbocycles. The van der Waals surface area contributed by atoms with E-state index in [0.29, 0.717) is 12.3 Å². The van der Waals surface area contributed by atoms with Gasteiger partial charge in [-0.15, -0.1) is 0 Å². The highest BCUT2D eigenvalue weighted by atomic mass is 16.5. The Morgan fingerprint density at radius 3 is 2.69 bits per heavy atom. The van der Waals surface area contributed by atoms with E-state index in [2.05, 4.69) is 6.07 Å². The molecular weight excluding hydrogens is 200 g/mol. The number of hydrogen-bond donors (Lipinski definition) is 1. The standard InChI is InChI=1S/C13H18N2O/c1-13(2,10-14)8-5-9-16-12-7-4-3-6-11(12)15/h3-4,6-7H,5,8-9,15H2,1-2H3. The van der Waals surface area contributed by atoms with Crippen LogP contribution >= 0.6 is 0 Å². The van der Waals surface area contributed by atoms with Crippen molar-refractivity contribution in [2.75, 3.05) is 12.3 Å². The van der Waals surface area contributed by atoms with E-state index >= 15 is 0 Å². The van der Waals surface area contributed by atoms with Crippen molar-refractivity contribution in [1.82, 2.24) is 0 Å². The van der Waals surface area contributed by atoms with Gasteiger partial charge < -0.3 is 10.5 Å². The number of ether oxygens (including phenoxy) is 1. The number of para-hydroxylation sites is 2. The summed E-state index contributed by atoms with van der Waals surface area (Å²) in [6.07, 6.45) is 1.69. The summed E-state index contributed by atoms with van der Waals surface area (Å²) in [7, 11) is 0. The number of anilines is 1. The van der Waals surface area contributed by atoms with Crippen molar-refractivity contribution < 1.29 is 4.74 Å². The van der Waals surface area contributed by atoms with Gasteiger partial charge in [-0.2, -0.15) is 5.26 Å². The van der Waals surface area contributed by atoms with Crippen molar-refractivity contribution in [3.8, 4) is 11.8 Å². The van der Waals surface area contributed by atoms with Gasteiger partial charge in [0.1, 0.15) is 5.75 Å². The van der Waals surface area contributed by atoms with E-state index in [4.69, 9.17) is 15.7 Å². The van der Waals surface area contributed by atoms with Crippen molar-refractivity contribution in [3.05, 3.63) is 24.3 Å². The number of nitriles is 1. The normalized spacial score (nSPS) is 10.8. The monoisotopic (exact) mass is 218 g/mol. The smallest absolute Gasteiger partial charge is 0.142 e. The average Bonchev–Trinajstić information content (AvgIpc) is 2.27. The minimum Gasteiger partial charge on any atom is -0.491 e. The Balaban J connectivity index is 2.33. The fourth-order valence-corrected chi connectivity index (χ4v) is 1.36. The number of hydrogen-bond acceptors (Lipinski definition) is 3. The summed E-state index contributed by atoms with van der Waals surface area (Å²) in [4.78, 5) is 0. The number of rotatable bonds is 5. The molecule has 0 aliphatic carbocycles. The van der Waals surface area contributed by atoms with Crippen molar-refractivity contribution in [1.29, 1.82) is 5.26 Å². The number of benzene rings is 1. The predicted molar refractivity (Wildman–Crippen MR) is 65.0 cm³/mol. The lowest BCUT2D eigenvalue weighted by Gasteiger charge is -2.15. The molecule has 0 saturated carbocycles. The Morgan fingerprint density at radius 2 is 2.06 bits per heavy atom. The lowest BCUT2D eigenvalue weighted by atomic mass is 9.90. The minimum absolute atomic E-state index is 0.272. The molecule has 86 valence electrons. The van der Waals surface area contributed by atoms with Crippen LogP contribution in [0.5, 0.6) is 5.75 Å². The molecule has 1 aromatic rings. The van der Waals surface area contributed by atoms with Crippen LogP contribution in [0.15, 0.2) is 24.3 Å². The summed E-state index contributed by atoms with van der Waals surface area (Å²) >= 11 is 0. The maximum Gasteiger partial charge on any atom is 0.142 e. The quantitative estimate of drug-likeness (QED) is 0.610. The van der Waals surface area contributed by atoms with Crippen molar-refractivity contribution >= 4 is 5.69 Å². The number of nitrogens with two attached hydrogens (primary N) is 1. The third-order valence-electron chi connectivity index (χ3n) is 2.43. The van der Waals surface area contributed by atoms with Crippen LogP contribution in [0.25, 0.3) is 0 Å². The molecule has 3 heteroatoms. The van der Waals surface area contributed by atoms with Gasteiger partial charge in [0.25, 0.3) is 0 Å². The number of nitrogens with zero attached hydrogens (tertiary/aromatic N) is 1. The van der Waals surface area contributed by atoms with Gasteiger partial charge >= 0.3 is 0 Å². The molecule has 0 atom stereocenters. The maximum atomic E-state index is 8.84. The highest BCUT2D eigenvalue weighted by Gasteiger charge is 2.15. The zero-order valence-corrected chi connectivity index (χ0v) is 9.86. The Bertz CT molecular complexity index is 380. The lowest BCUT2D eigenvalue weighted by molar-refractivity contribution is 0.285. The molecule has 0 aliphatic rings. The fourth-order valence-electron chi connectivity index (χ4n) is 1.36. The van der Waals surface area contributed by atoms with Crippen LogP contribution in [0.1, 0.15) is 26.7 Å². The van der Waals surface area contributed by atoms with Gasteiger partial charge in [0.15, 0.2) is 0 Å². The Morgan fingerprint density at radius 1 is 1.38 bits per heavy atom. The van der Waals surface area contributed by atoms with Crippen molar-refractivity contribution in [2.45, 2.75) is 26.7 Å². The summed E-state index contributed by atoms with van der Waals surface area (Å²) in [5, 5.41) is 8.84. The van der Waals surface area contributed by atoms with Gasteiger partial charge in [-0.3, -0.25) is 0 Å². The third kappa shape index (κ3) is 3.82. The summed E-state index contributed by atoms with van der Waals surface area (Å²) < 4.78 is 5.54. The molecule has 0 fully saturated rings. The first-order chi connectivity index (χ1) is 7.55. The van der Waals surface area contributed by atoms with Gasteiger partial charge in [-0.05, 0) is 38.8 Å². The van der Waals surface area contributed by atoms with Crippen LogP contribution < -0.4 is 10.5 Å². The van der Waals surface area contributed by atoms with Crippen LogP contribution in [0.3, 0.4) is 0 Å². The van der Waals surface area contributed by atoms with Crippen LogP contribution in [0.2, 0.25) is 0 Å². The zero-order chi connectivity index (χ0) is 12.0. The number of nitrogen functional groups attached to an aromatic ring is 1. The second-order valence-corrected chi connectivity index (χ2v) is 4.49. The van der Waals surface area contributed by atoms with Crippen LogP contribution in [0, 0.1) is 16.7 Å². The van der Waals surface area contributed by atoms with E-state index in [1.807, 2.05) is 38.1 Å². The van der Waals surface area contributed by atoms with Crippen molar-refractivity contribution in [2.24, 2.45) is 5.41 Å². The molecule has 0 unspecified atom stereocenters. The van der Waals surface area contributed by atoms with Crippen LogP contribution in [0.4, 0.5) is 5.69 Å². The van der Waals surface area contributed by atoms with E-state index in [9.17, 15) is 0 Å². The first-order valence-electron chi connectivity index (χ1n) is 5.44. The van der Waals surface area contributed by atoms with E-state index in [0.717, 1.165) is 18.6 Å². The Kier molecular flexibility index (Phi) is 4.19. The van der Waals surface area contributed by atoms with Gasteiger partial charge in [0.2, 0.25) is 0 Å². The van der Waals surface area contributed by atoms with E-state index < -0.39 is 0 Å². The Hall–Kier alpha value is -1.69. The van der Waals surface area contributed by atoms with Crippen molar-refractivity contribution in [3.63, 3.8) is 0 Å². The molecule has 0 bridgehead atoms. The lowest BCUT2D eigenvalue weighted by Crippen LogP contribution is -2.10. The molecule has 3 nitrogen and oxygen atoms in total. The highest BCUT2D eigenvalue weighted by Crippen LogP contribution is 2.23. The summed E-state index contributed by atoms with van der Waals surface area (Å²) in [6.45, 7) is 4.47. The largest absolute Gasteiger partial charge is 0.491 e. The van der Waals surface area contributed by atoms with Gasteiger partial charge in [0.05, 0.1) is 23.8 Å². The third-order valence-corrected chi connectivity index (χ3v) is 2.43. The van der Waals surface area contributed by atoms with E-state index in [1.54, 1.807) is 0 Å². The maximum absolute atomic E-state index is 8.84. The summed E-state index contributed by atoms with van der Waals surface area (Å²) in [5.41, 5.74) is 6.12. The predicted octanol–water partition coefficient (Wildman–Crippen LogP) is 2.98. The molecule has 0 aromatic heterocycles. The van der Waals surface area contributed by atoms with Gasteiger partial charge in [0, 0.05) is 0 Å². The molecule has 2 N–H and O–H groups in total. The second-order valence-electron chi connectivity index (χ2n) is 4.49. The molecule has 16 heavy (non-hydrogen) atoms. The van der Waals surface area contributed by atoms with E-state index in [1.165, 1.54) is 0 Å². The molecule has 0 saturated heterocycles. The topological polar surface area (TPSA) is 59.0 Å². The molecule has 0 heterocycles. The molecule has 0 spiro atoms. The first-order valence-corrected chi connectivity index (χ1v) is 5.44. The summed E-state index contributed by atoms with van der Waals surface area (Å²) in [5.74, 6) is 0.720. The molecule has 0 amide bonds. The van der Waals surface area contributed by atoms with Crippen LogP contribution in [-0.2, 0) is 0 Å². The average molecular weight is 218 g/mol. The van der Waals surface area contributed by atoms with E-state index in [-0.39, 0.29) is 5.41 Å². The fraction of sp³-hybridized carbons (Fsp3) is 0.462. The van der Waals surface area contributed by atoms with Crippen LogP contribution in [-0.4, -0.2) is 6.61 Å². The Labute approximate surface area is 96.8 Å². The molecule has 1 rings (SSSR count). The molecular formula is C13H18N2O. The van der Waals surface area contributed by atoms with Gasteiger partial charge in [-0.25, -0.2) is 0 Å². The first kappa shape index (κ1) is 12.4. The zero-order valence-electron chi connectivity index (χ0n) is 9.86. The second kappa shape index (κ2) is 5.41. The highest BCUT2D eigenvalue weighted by molar-refractivity contribution is 5.51. The molecule has 0 aliphatic heterocycles. The summed E-state index contributed by atoms with van der Waals surface area (Å²) in [6, 6.07) is 9.71.